The number of hydrogen-bond acceptors (Lipinski definition) is 3. The first kappa shape index (κ1) is 10.5. The lowest BCUT2D eigenvalue weighted by Gasteiger charge is -2.28. The summed E-state index contributed by atoms with van der Waals surface area (Å²) in [5.41, 5.74) is 2.42. The third kappa shape index (κ3) is 2.94. The molecule has 0 atom stereocenters. The molecule has 3 nitrogen and oxygen atoms in total. The van der Waals surface area contributed by atoms with Crippen molar-refractivity contribution >= 4 is 5.69 Å². The monoisotopic (exact) mass is 207 g/mol. The molecule has 0 unspecified atom stereocenters. The largest absolute Gasteiger partial charge is 0.396 e. The number of benzene rings is 1. The number of ether oxygens (including phenoxy) is 1. The second-order valence-corrected chi connectivity index (χ2v) is 3.91. The molecule has 1 heterocycles. The summed E-state index contributed by atoms with van der Waals surface area (Å²) in [6.45, 7) is 1.87. The van der Waals surface area contributed by atoms with E-state index in [0.29, 0.717) is 6.04 Å². The van der Waals surface area contributed by atoms with Gasteiger partial charge in [-0.05, 0) is 30.5 Å². The average molecular weight is 207 g/mol. The summed E-state index contributed by atoms with van der Waals surface area (Å²) >= 11 is 0. The molecule has 1 aliphatic rings. The van der Waals surface area contributed by atoms with Crippen molar-refractivity contribution in [2.75, 3.05) is 25.1 Å². The molecule has 0 spiro atoms. The SMILES string of the molecule is OCCCc1cccc(NC2COC2)c1. The zero-order valence-corrected chi connectivity index (χ0v) is 8.78. The highest BCUT2D eigenvalue weighted by atomic mass is 16.5. The van der Waals surface area contributed by atoms with Crippen LogP contribution in [-0.2, 0) is 11.2 Å². The normalized spacial score (nSPS) is 16.1. The van der Waals surface area contributed by atoms with E-state index in [1.165, 1.54) is 5.56 Å². The van der Waals surface area contributed by atoms with Crippen LogP contribution in [0.15, 0.2) is 24.3 Å². The predicted octanol–water partition coefficient (Wildman–Crippen LogP) is 1.42. The third-order valence-corrected chi connectivity index (χ3v) is 2.56. The van der Waals surface area contributed by atoms with E-state index in [0.717, 1.165) is 31.7 Å². The molecule has 1 fully saturated rings. The highest BCUT2D eigenvalue weighted by Crippen LogP contribution is 2.15. The summed E-state index contributed by atoms with van der Waals surface area (Å²) in [5.74, 6) is 0. The van der Waals surface area contributed by atoms with Crippen LogP contribution in [0, 0.1) is 0 Å². The molecule has 0 amide bonds. The maximum atomic E-state index is 8.76. The van der Waals surface area contributed by atoms with Gasteiger partial charge in [0.25, 0.3) is 0 Å². The van der Waals surface area contributed by atoms with Crippen LogP contribution in [0.1, 0.15) is 12.0 Å². The van der Waals surface area contributed by atoms with Crippen LogP contribution in [0.3, 0.4) is 0 Å². The Kier molecular flexibility index (Phi) is 3.59. The summed E-state index contributed by atoms with van der Waals surface area (Å²) in [5, 5.41) is 12.2. The molecule has 0 aliphatic carbocycles. The minimum Gasteiger partial charge on any atom is -0.396 e. The summed E-state index contributed by atoms with van der Waals surface area (Å²) in [6.07, 6.45) is 1.77. The van der Waals surface area contributed by atoms with E-state index >= 15 is 0 Å². The fourth-order valence-electron chi connectivity index (χ4n) is 1.65. The van der Waals surface area contributed by atoms with Crippen LogP contribution in [0.5, 0.6) is 0 Å². The Hall–Kier alpha value is -1.06. The summed E-state index contributed by atoms with van der Waals surface area (Å²) < 4.78 is 5.11. The molecule has 0 aromatic heterocycles. The van der Waals surface area contributed by atoms with Gasteiger partial charge in [0.1, 0.15) is 0 Å². The number of nitrogens with one attached hydrogen (secondary N) is 1. The Labute approximate surface area is 90.1 Å². The van der Waals surface area contributed by atoms with Crippen molar-refractivity contribution in [3.63, 3.8) is 0 Å². The molecular weight excluding hydrogens is 190 g/mol. The number of aliphatic hydroxyl groups is 1. The van der Waals surface area contributed by atoms with Gasteiger partial charge >= 0.3 is 0 Å². The fraction of sp³-hybridized carbons (Fsp3) is 0.500. The van der Waals surface area contributed by atoms with Crippen LogP contribution in [0.25, 0.3) is 0 Å². The summed E-state index contributed by atoms with van der Waals surface area (Å²) in [7, 11) is 0. The molecule has 3 heteroatoms. The van der Waals surface area contributed by atoms with E-state index < -0.39 is 0 Å². The van der Waals surface area contributed by atoms with E-state index in [4.69, 9.17) is 9.84 Å². The zero-order valence-electron chi connectivity index (χ0n) is 8.78. The van der Waals surface area contributed by atoms with Gasteiger partial charge in [0.2, 0.25) is 0 Å². The molecule has 1 saturated heterocycles. The van der Waals surface area contributed by atoms with Crippen LogP contribution in [0.4, 0.5) is 5.69 Å². The second-order valence-electron chi connectivity index (χ2n) is 3.91. The smallest absolute Gasteiger partial charge is 0.0728 e. The lowest BCUT2D eigenvalue weighted by molar-refractivity contribution is 0.0211. The standard InChI is InChI=1S/C12H17NO2/c14-6-2-4-10-3-1-5-11(7-10)13-12-8-15-9-12/h1,3,5,7,12-14H,2,4,6,8-9H2. The Bertz CT molecular complexity index is 310. The Morgan fingerprint density at radius 2 is 2.27 bits per heavy atom. The molecule has 0 bridgehead atoms. The Morgan fingerprint density at radius 3 is 2.93 bits per heavy atom. The topological polar surface area (TPSA) is 41.5 Å². The van der Waals surface area contributed by atoms with Gasteiger partial charge in [-0.15, -0.1) is 0 Å². The van der Waals surface area contributed by atoms with Gasteiger partial charge in [-0.3, -0.25) is 0 Å². The van der Waals surface area contributed by atoms with Crippen molar-refractivity contribution in [1.82, 2.24) is 0 Å². The second kappa shape index (κ2) is 5.14. The van der Waals surface area contributed by atoms with Crippen molar-refractivity contribution in [3.05, 3.63) is 29.8 Å². The number of aliphatic hydroxyl groups excluding tert-OH is 1. The van der Waals surface area contributed by atoms with Gasteiger partial charge in [0.05, 0.1) is 19.3 Å². The first-order valence-electron chi connectivity index (χ1n) is 5.42. The molecular formula is C12H17NO2. The van der Waals surface area contributed by atoms with Crippen LogP contribution >= 0.6 is 0 Å². The number of rotatable bonds is 5. The molecule has 2 N–H and O–H groups in total. The van der Waals surface area contributed by atoms with E-state index in [1.807, 2.05) is 0 Å². The molecule has 1 aliphatic heterocycles. The van der Waals surface area contributed by atoms with Gasteiger partial charge in [-0.1, -0.05) is 12.1 Å². The Morgan fingerprint density at radius 1 is 1.40 bits per heavy atom. The quantitative estimate of drug-likeness (QED) is 0.767. The van der Waals surface area contributed by atoms with Crippen molar-refractivity contribution < 1.29 is 9.84 Å². The summed E-state index contributed by atoms with van der Waals surface area (Å²) in [6, 6.07) is 8.83. The minimum atomic E-state index is 0.258. The van der Waals surface area contributed by atoms with Gasteiger partial charge in [0, 0.05) is 12.3 Å². The lowest BCUT2D eigenvalue weighted by Crippen LogP contribution is -2.40. The van der Waals surface area contributed by atoms with Crippen molar-refractivity contribution in [3.8, 4) is 0 Å². The van der Waals surface area contributed by atoms with Gasteiger partial charge in [-0.25, -0.2) is 0 Å². The maximum absolute atomic E-state index is 8.76. The molecule has 82 valence electrons. The van der Waals surface area contributed by atoms with Crippen LogP contribution in [0.2, 0.25) is 0 Å². The average Bonchev–Trinajstić information content (AvgIpc) is 2.21. The first-order valence-corrected chi connectivity index (χ1v) is 5.42. The number of aryl methyl sites for hydroxylation is 1. The van der Waals surface area contributed by atoms with Crippen molar-refractivity contribution in [2.24, 2.45) is 0 Å². The fourth-order valence-corrected chi connectivity index (χ4v) is 1.65. The van der Waals surface area contributed by atoms with Gasteiger partial charge in [-0.2, -0.15) is 0 Å². The van der Waals surface area contributed by atoms with E-state index in [1.54, 1.807) is 0 Å². The van der Waals surface area contributed by atoms with E-state index in [-0.39, 0.29) is 6.61 Å². The van der Waals surface area contributed by atoms with Crippen molar-refractivity contribution in [2.45, 2.75) is 18.9 Å². The lowest BCUT2D eigenvalue weighted by atomic mass is 10.1. The molecule has 0 radical (unpaired) electrons. The summed E-state index contributed by atoms with van der Waals surface area (Å²) in [4.78, 5) is 0. The van der Waals surface area contributed by atoms with Crippen molar-refractivity contribution in [1.29, 1.82) is 0 Å². The third-order valence-electron chi connectivity index (χ3n) is 2.56. The maximum Gasteiger partial charge on any atom is 0.0728 e. The highest BCUT2D eigenvalue weighted by molar-refractivity contribution is 5.46. The molecule has 2 rings (SSSR count). The first-order chi connectivity index (χ1) is 7.38. The molecule has 1 aromatic carbocycles. The number of hydrogen-bond donors (Lipinski definition) is 2. The number of anilines is 1. The molecule has 15 heavy (non-hydrogen) atoms. The van der Waals surface area contributed by atoms with Gasteiger partial charge in [0.15, 0.2) is 0 Å². The van der Waals surface area contributed by atoms with Gasteiger partial charge < -0.3 is 15.2 Å². The van der Waals surface area contributed by atoms with Crippen LogP contribution in [-0.4, -0.2) is 31.0 Å². The predicted molar refractivity (Wildman–Crippen MR) is 60.1 cm³/mol. The zero-order chi connectivity index (χ0) is 10.5. The highest BCUT2D eigenvalue weighted by Gasteiger charge is 2.17. The Balaban J connectivity index is 1.92. The van der Waals surface area contributed by atoms with E-state index in [2.05, 4.69) is 29.6 Å². The van der Waals surface area contributed by atoms with E-state index in [9.17, 15) is 0 Å². The molecule has 1 aromatic rings. The molecule has 0 saturated carbocycles. The minimum absolute atomic E-state index is 0.258. The van der Waals surface area contributed by atoms with Crippen LogP contribution < -0.4 is 5.32 Å².